The number of alkyl halides is 5. The van der Waals surface area contributed by atoms with Crippen LogP contribution < -0.4 is 15.0 Å². The zero-order valence-electron chi connectivity index (χ0n) is 19.5. The number of ether oxygens (including phenoxy) is 1. The Hall–Kier alpha value is -3.87. The molecule has 0 bridgehead atoms. The van der Waals surface area contributed by atoms with Crippen LogP contribution in [0.4, 0.5) is 32.0 Å². The summed E-state index contributed by atoms with van der Waals surface area (Å²) < 4.78 is 84.2. The van der Waals surface area contributed by atoms with Gasteiger partial charge in [0, 0.05) is 30.6 Å². The van der Waals surface area contributed by atoms with E-state index in [1.165, 1.54) is 18.2 Å². The van der Waals surface area contributed by atoms with E-state index in [0.717, 1.165) is 25.6 Å². The lowest BCUT2D eigenvalue weighted by atomic mass is 9.89. The lowest BCUT2D eigenvalue weighted by molar-refractivity contribution is -0.274. The first kappa shape index (κ1) is 28.7. The van der Waals surface area contributed by atoms with Crippen LogP contribution in [0.5, 0.6) is 5.75 Å². The standard InChI is InChI=1S/C24H19ClF6N4O3/c1-23(15-11-32-13-33-12-15,22(37)34-8-7-14-3-2-4-16(26)9-14)35(21(36)20(25)28)19-6-5-17(10-18(19)27)38-24(29,30)31/h2-6,9-13,20H,7-8H2,1H3,(H,34,37)/t20-,23-/m0/s1. The smallest absolute Gasteiger partial charge is 0.406 e. The molecule has 14 heteroatoms. The van der Waals surface area contributed by atoms with E-state index in [2.05, 4.69) is 20.0 Å². The molecule has 0 fully saturated rings. The Balaban J connectivity index is 2.05. The van der Waals surface area contributed by atoms with Gasteiger partial charge in [0.1, 0.15) is 17.9 Å². The molecule has 3 aromatic rings. The molecule has 0 aliphatic rings. The molecule has 0 saturated carbocycles. The summed E-state index contributed by atoms with van der Waals surface area (Å²) in [7, 11) is 0. The normalized spacial score (nSPS) is 13.8. The van der Waals surface area contributed by atoms with Crippen LogP contribution in [0, 0.1) is 11.6 Å². The number of anilines is 1. The van der Waals surface area contributed by atoms with E-state index >= 15 is 4.39 Å². The van der Waals surface area contributed by atoms with Gasteiger partial charge in [-0.25, -0.2) is 23.1 Å². The Morgan fingerprint density at radius 3 is 2.37 bits per heavy atom. The van der Waals surface area contributed by atoms with Crippen LogP contribution in [-0.4, -0.2) is 40.3 Å². The van der Waals surface area contributed by atoms with Crippen molar-refractivity contribution in [2.24, 2.45) is 0 Å². The van der Waals surface area contributed by atoms with Crippen molar-refractivity contribution in [3.05, 3.63) is 83.9 Å². The number of hydrogen-bond acceptors (Lipinski definition) is 5. The summed E-state index contributed by atoms with van der Waals surface area (Å²) >= 11 is 5.39. The van der Waals surface area contributed by atoms with E-state index in [9.17, 15) is 31.5 Å². The van der Waals surface area contributed by atoms with Crippen LogP contribution in [0.15, 0.2) is 61.2 Å². The first-order valence-electron chi connectivity index (χ1n) is 10.8. The molecule has 202 valence electrons. The van der Waals surface area contributed by atoms with Gasteiger partial charge in [0.2, 0.25) is 0 Å². The maximum absolute atomic E-state index is 15.1. The Kier molecular flexibility index (Phi) is 8.82. The van der Waals surface area contributed by atoms with Crippen LogP contribution in [0.2, 0.25) is 0 Å². The fraction of sp³-hybridized carbons (Fsp3) is 0.250. The van der Waals surface area contributed by atoms with Gasteiger partial charge in [0.15, 0.2) is 11.4 Å². The van der Waals surface area contributed by atoms with E-state index in [0.29, 0.717) is 28.7 Å². The Labute approximate surface area is 217 Å². The largest absolute Gasteiger partial charge is 0.573 e. The van der Waals surface area contributed by atoms with Crippen molar-refractivity contribution in [1.29, 1.82) is 0 Å². The molecule has 2 amide bonds. The topological polar surface area (TPSA) is 84.4 Å². The second-order valence-electron chi connectivity index (χ2n) is 7.97. The molecule has 1 N–H and O–H groups in total. The quantitative estimate of drug-likeness (QED) is 0.300. The molecule has 1 aromatic heterocycles. The Morgan fingerprint density at radius 2 is 1.79 bits per heavy atom. The van der Waals surface area contributed by atoms with E-state index in [1.807, 2.05) is 0 Å². The average molecular weight is 561 g/mol. The third kappa shape index (κ3) is 6.71. The molecule has 3 rings (SSSR count). The molecule has 0 radical (unpaired) electrons. The minimum Gasteiger partial charge on any atom is -0.406 e. The van der Waals surface area contributed by atoms with Gasteiger partial charge in [-0.05, 0) is 43.2 Å². The fourth-order valence-electron chi connectivity index (χ4n) is 3.64. The van der Waals surface area contributed by atoms with Crippen LogP contribution in [0.3, 0.4) is 0 Å². The molecule has 0 aliphatic carbocycles. The SMILES string of the molecule is C[C@@](C(=O)NCCc1cccc(F)c1)(c1cncnc1)N(C(=O)[C@H](F)Cl)c1ccc(OC(F)(F)F)cc1F. The number of hydrogen-bond donors (Lipinski definition) is 1. The summed E-state index contributed by atoms with van der Waals surface area (Å²) in [6.45, 7) is 1.04. The van der Waals surface area contributed by atoms with E-state index in [-0.39, 0.29) is 18.5 Å². The van der Waals surface area contributed by atoms with Crippen LogP contribution >= 0.6 is 11.6 Å². The molecule has 0 unspecified atom stereocenters. The average Bonchev–Trinajstić information content (AvgIpc) is 2.84. The van der Waals surface area contributed by atoms with Crippen molar-refractivity contribution in [2.45, 2.75) is 30.9 Å². The monoisotopic (exact) mass is 560 g/mol. The van der Waals surface area contributed by atoms with Gasteiger partial charge in [0.05, 0.1) is 5.69 Å². The van der Waals surface area contributed by atoms with Gasteiger partial charge in [0.25, 0.3) is 17.4 Å². The van der Waals surface area contributed by atoms with Crippen molar-refractivity contribution >= 4 is 29.1 Å². The maximum atomic E-state index is 15.1. The van der Waals surface area contributed by atoms with Gasteiger partial charge in [-0.3, -0.25) is 14.5 Å². The molecule has 0 aliphatic heterocycles. The lowest BCUT2D eigenvalue weighted by Gasteiger charge is -2.40. The van der Waals surface area contributed by atoms with Crippen molar-refractivity contribution in [3.8, 4) is 5.75 Å². The second kappa shape index (κ2) is 11.7. The second-order valence-corrected chi connectivity index (χ2v) is 8.35. The first-order chi connectivity index (χ1) is 17.8. The number of benzene rings is 2. The Bertz CT molecular complexity index is 1300. The maximum Gasteiger partial charge on any atom is 0.573 e. The number of aromatic nitrogens is 2. The predicted molar refractivity (Wildman–Crippen MR) is 124 cm³/mol. The minimum atomic E-state index is -5.14. The first-order valence-corrected chi connectivity index (χ1v) is 11.2. The molecule has 0 spiro atoms. The van der Waals surface area contributed by atoms with Crippen LogP contribution in [0.25, 0.3) is 0 Å². The van der Waals surface area contributed by atoms with Gasteiger partial charge in [-0.1, -0.05) is 23.7 Å². The number of halogens is 7. The summed E-state index contributed by atoms with van der Waals surface area (Å²) in [4.78, 5) is 34.4. The van der Waals surface area contributed by atoms with E-state index in [4.69, 9.17) is 11.6 Å². The molecule has 0 saturated heterocycles. The third-order valence-electron chi connectivity index (χ3n) is 5.40. The highest BCUT2D eigenvalue weighted by Crippen LogP contribution is 2.37. The minimum absolute atomic E-state index is 0.0889. The predicted octanol–water partition coefficient (Wildman–Crippen LogP) is 4.80. The molecule has 1 heterocycles. The van der Waals surface area contributed by atoms with Crippen molar-refractivity contribution in [3.63, 3.8) is 0 Å². The fourth-order valence-corrected chi connectivity index (χ4v) is 3.74. The van der Waals surface area contributed by atoms with Crippen LogP contribution in [0.1, 0.15) is 18.1 Å². The molecule has 7 nitrogen and oxygen atoms in total. The molecule has 2 aromatic carbocycles. The number of rotatable bonds is 9. The zero-order valence-corrected chi connectivity index (χ0v) is 20.2. The number of nitrogens with zero attached hydrogens (tertiary/aromatic N) is 3. The molecule has 2 atom stereocenters. The summed E-state index contributed by atoms with van der Waals surface area (Å²) in [5.74, 6) is -5.47. The summed E-state index contributed by atoms with van der Waals surface area (Å²) in [6, 6.07) is 7.25. The van der Waals surface area contributed by atoms with Gasteiger partial charge in [-0.15, -0.1) is 13.2 Å². The molecule has 38 heavy (non-hydrogen) atoms. The number of amides is 2. The van der Waals surface area contributed by atoms with E-state index < -0.39 is 52.4 Å². The molecular formula is C24H19ClF6N4O3. The summed E-state index contributed by atoms with van der Waals surface area (Å²) in [6.07, 6.45) is -1.67. The highest BCUT2D eigenvalue weighted by Gasteiger charge is 2.48. The third-order valence-corrected chi connectivity index (χ3v) is 5.59. The highest BCUT2D eigenvalue weighted by atomic mass is 35.5. The number of carbonyl (C=O) groups excluding carboxylic acids is 2. The zero-order chi connectivity index (χ0) is 28.1. The number of carbonyl (C=O) groups is 2. The van der Waals surface area contributed by atoms with Crippen molar-refractivity contribution < 1.29 is 40.7 Å². The van der Waals surface area contributed by atoms with Crippen molar-refractivity contribution in [1.82, 2.24) is 15.3 Å². The van der Waals surface area contributed by atoms with Gasteiger partial charge >= 0.3 is 6.36 Å². The Morgan fingerprint density at radius 1 is 1.11 bits per heavy atom. The van der Waals surface area contributed by atoms with Crippen molar-refractivity contribution in [2.75, 3.05) is 11.4 Å². The summed E-state index contributed by atoms with van der Waals surface area (Å²) in [5, 5.41) is 2.52. The highest BCUT2D eigenvalue weighted by molar-refractivity contribution is 6.32. The van der Waals surface area contributed by atoms with Crippen LogP contribution in [-0.2, 0) is 21.5 Å². The van der Waals surface area contributed by atoms with E-state index in [1.54, 1.807) is 6.07 Å². The number of nitrogens with one attached hydrogen (secondary N) is 1. The van der Waals surface area contributed by atoms with Gasteiger partial charge in [-0.2, -0.15) is 0 Å². The van der Waals surface area contributed by atoms with Gasteiger partial charge < -0.3 is 10.1 Å². The molecular weight excluding hydrogens is 542 g/mol. The summed E-state index contributed by atoms with van der Waals surface area (Å²) in [5.41, 5.74) is -5.39. The lowest BCUT2D eigenvalue weighted by Crippen LogP contribution is -2.59.